The summed E-state index contributed by atoms with van der Waals surface area (Å²) >= 11 is 3.50. The minimum Gasteiger partial charge on any atom is -0.307 e. The molecule has 0 fully saturated rings. The molecule has 1 atom stereocenters. The molecule has 2 aromatic rings. The fourth-order valence-corrected chi connectivity index (χ4v) is 2.77. The highest BCUT2D eigenvalue weighted by atomic mass is 79.9. The predicted octanol–water partition coefficient (Wildman–Crippen LogP) is 5.10. The zero-order chi connectivity index (χ0) is 14.4. The molecule has 0 aliphatic heterocycles. The Morgan fingerprint density at radius 1 is 1.00 bits per heavy atom. The average molecular weight is 332 g/mol. The Hall–Kier alpha value is -1.12. The molecule has 0 amide bonds. The van der Waals surface area contributed by atoms with Gasteiger partial charge in [-0.2, -0.15) is 0 Å². The standard InChI is InChI=1S/C18H22BrN/c1-3-6-14-7-5-8-16(13-14)18(20-4-2)15-9-11-17(19)12-10-15/h5,7-13,18,20H,3-4,6H2,1-2H3. The molecule has 0 radical (unpaired) electrons. The molecule has 2 rings (SSSR count). The second-order valence-corrected chi connectivity index (χ2v) is 5.95. The Morgan fingerprint density at radius 3 is 2.40 bits per heavy atom. The van der Waals surface area contributed by atoms with Crippen LogP contribution >= 0.6 is 15.9 Å². The van der Waals surface area contributed by atoms with Crippen molar-refractivity contribution in [2.75, 3.05) is 6.54 Å². The summed E-state index contributed by atoms with van der Waals surface area (Å²) in [5, 5.41) is 3.59. The lowest BCUT2D eigenvalue weighted by Crippen LogP contribution is -2.22. The quantitative estimate of drug-likeness (QED) is 0.776. The Bertz CT molecular complexity index is 533. The summed E-state index contributed by atoms with van der Waals surface area (Å²) in [5.41, 5.74) is 4.08. The van der Waals surface area contributed by atoms with Crippen LogP contribution in [0.4, 0.5) is 0 Å². The van der Waals surface area contributed by atoms with Crippen molar-refractivity contribution >= 4 is 15.9 Å². The number of aryl methyl sites for hydroxylation is 1. The molecule has 0 aromatic heterocycles. The SMILES string of the molecule is CCCc1cccc(C(NCC)c2ccc(Br)cc2)c1. The van der Waals surface area contributed by atoms with Crippen LogP contribution < -0.4 is 5.32 Å². The number of halogens is 1. The molecular weight excluding hydrogens is 310 g/mol. The highest BCUT2D eigenvalue weighted by Gasteiger charge is 2.13. The van der Waals surface area contributed by atoms with Crippen molar-refractivity contribution in [2.24, 2.45) is 0 Å². The maximum Gasteiger partial charge on any atom is 0.0576 e. The van der Waals surface area contributed by atoms with Gasteiger partial charge >= 0.3 is 0 Å². The first-order chi connectivity index (χ1) is 9.74. The van der Waals surface area contributed by atoms with E-state index in [2.05, 4.69) is 83.6 Å². The molecule has 0 spiro atoms. The summed E-state index contributed by atoms with van der Waals surface area (Å²) in [4.78, 5) is 0. The van der Waals surface area contributed by atoms with Gasteiger partial charge in [0.2, 0.25) is 0 Å². The molecule has 2 heteroatoms. The van der Waals surface area contributed by atoms with Gasteiger partial charge in [-0.15, -0.1) is 0 Å². The third-order valence-corrected chi connectivity index (χ3v) is 3.96. The second-order valence-electron chi connectivity index (χ2n) is 5.04. The Morgan fingerprint density at radius 2 is 1.75 bits per heavy atom. The van der Waals surface area contributed by atoms with Crippen LogP contribution in [0.15, 0.2) is 53.0 Å². The molecule has 1 N–H and O–H groups in total. The number of benzene rings is 2. The van der Waals surface area contributed by atoms with Crippen LogP contribution in [0.3, 0.4) is 0 Å². The van der Waals surface area contributed by atoms with Crippen LogP contribution in [0.5, 0.6) is 0 Å². The summed E-state index contributed by atoms with van der Waals surface area (Å²) in [6.45, 7) is 5.34. The van der Waals surface area contributed by atoms with Crippen molar-refractivity contribution < 1.29 is 0 Å². The minimum atomic E-state index is 0.268. The van der Waals surface area contributed by atoms with Crippen molar-refractivity contribution in [3.05, 3.63) is 69.7 Å². The molecule has 1 unspecified atom stereocenters. The Labute approximate surface area is 130 Å². The van der Waals surface area contributed by atoms with Crippen LogP contribution in [-0.4, -0.2) is 6.54 Å². The van der Waals surface area contributed by atoms with E-state index in [1.54, 1.807) is 0 Å². The van der Waals surface area contributed by atoms with E-state index in [0.717, 1.165) is 17.4 Å². The average Bonchev–Trinajstić information content (AvgIpc) is 2.47. The first-order valence-electron chi connectivity index (χ1n) is 7.32. The van der Waals surface area contributed by atoms with Crippen LogP contribution in [0, 0.1) is 0 Å². The third kappa shape index (κ3) is 3.94. The van der Waals surface area contributed by atoms with E-state index in [1.807, 2.05) is 0 Å². The lowest BCUT2D eigenvalue weighted by Gasteiger charge is -2.20. The van der Waals surface area contributed by atoms with Gasteiger partial charge in [-0.25, -0.2) is 0 Å². The van der Waals surface area contributed by atoms with E-state index >= 15 is 0 Å². The molecular formula is C18H22BrN. The van der Waals surface area contributed by atoms with Gasteiger partial charge < -0.3 is 5.32 Å². The molecule has 0 saturated heterocycles. The molecule has 0 bridgehead atoms. The van der Waals surface area contributed by atoms with Crippen molar-refractivity contribution in [3.63, 3.8) is 0 Å². The van der Waals surface area contributed by atoms with Gasteiger partial charge in [0, 0.05) is 4.47 Å². The first kappa shape index (κ1) is 15.3. The van der Waals surface area contributed by atoms with Gasteiger partial charge in [-0.05, 0) is 41.8 Å². The van der Waals surface area contributed by atoms with Crippen molar-refractivity contribution in [2.45, 2.75) is 32.7 Å². The lowest BCUT2D eigenvalue weighted by molar-refractivity contribution is 0.629. The third-order valence-electron chi connectivity index (χ3n) is 3.43. The van der Waals surface area contributed by atoms with E-state index in [4.69, 9.17) is 0 Å². The lowest BCUT2D eigenvalue weighted by atomic mass is 9.96. The molecule has 1 nitrogen and oxygen atoms in total. The number of rotatable bonds is 6. The fraction of sp³-hybridized carbons (Fsp3) is 0.333. The van der Waals surface area contributed by atoms with Gasteiger partial charge in [0.1, 0.15) is 0 Å². The maximum atomic E-state index is 3.59. The predicted molar refractivity (Wildman–Crippen MR) is 90.1 cm³/mol. The van der Waals surface area contributed by atoms with E-state index in [9.17, 15) is 0 Å². The summed E-state index contributed by atoms with van der Waals surface area (Å²) in [6.07, 6.45) is 2.33. The highest BCUT2D eigenvalue weighted by Crippen LogP contribution is 2.24. The Balaban J connectivity index is 2.32. The number of hydrogen-bond acceptors (Lipinski definition) is 1. The van der Waals surface area contributed by atoms with E-state index in [1.165, 1.54) is 23.1 Å². The van der Waals surface area contributed by atoms with E-state index in [0.29, 0.717) is 0 Å². The van der Waals surface area contributed by atoms with Gasteiger partial charge in [0.05, 0.1) is 6.04 Å². The van der Waals surface area contributed by atoms with Crippen LogP contribution in [-0.2, 0) is 6.42 Å². The number of nitrogens with one attached hydrogen (secondary N) is 1. The summed E-state index contributed by atoms with van der Waals surface area (Å²) in [7, 11) is 0. The van der Waals surface area contributed by atoms with Crippen molar-refractivity contribution in [1.82, 2.24) is 5.32 Å². The first-order valence-corrected chi connectivity index (χ1v) is 8.11. The van der Waals surface area contributed by atoms with Crippen LogP contribution in [0.25, 0.3) is 0 Å². The largest absolute Gasteiger partial charge is 0.307 e. The summed E-state index contributed by atoms with van der Waals surface area (Å²) < 4.78 is 1.12. The maximum absolute atomic E-state index is 3.59. The van der Waals surface area contributed by atoms with Crippen LogP contribution in [0.2, 0.25) is 0 Å². The topological polar surface area (TPSA) is 12.0 Å². The summed E-state index contributed by atoms with van der Waals surface area (Å²) in [5.74, 6) is 0. The number of hydrogen-bond donors (Lipinski definition) is 1. The van der Waals surface area contributed by atoms with Gasteiger partial charge in [0.15, 0.2) is 0 Å². The highest BCUT2D eigenvalue weighted by molar-refractivity contribution is 9.10. The van der Waals surface area contributed by atoms with Gasteiger partial charge in [-0.3, -0.25) is 0 Å². The molecule has 0 heterocycles. The smallest absolute Gasteiger partial charge is 0.0576 e. The Kier molecular flexibility index (Phi) is 5.81. The normalized spacial score (nSPS) is 12.3. The second kappa shape index (κ2) is 7.61. The fourth-order valence-electron chi connectivity index (χ4n) is 2.50. The zero-order valence-corrected chi connectivity index (χ0v) is 13.8. The molecule has 106 valence electrons. The molecule has 0 saturated carbocycles. The molecule has 0 aliphatic rings. The van der Waals surface area contributed by atoms with E-state index in [-0.39, 0.29) is 6.04 Å². The monoisotopic (exact) mass is 331 g/mol. The van der Waals surface area contributed by atoms with Gasteiger partial charge in [-0.1, -0.05) is 72.6 Å². The molecule has 20 heavy (non-hydrogen) atoms. The van der Waals surface area contributed by atoms with Crippen molar-refractivity contribution in [1.29, 1.82) is 0 Å². The molecule has 2 aromatic carbocycles. The summed E-state index contributed by atoms with van der Waals surface area (Å²) in [6, 6.07) is 17.8. The molecule has 0 aliphatic carbocycles. The zero-order valence-electron chi connectivity index (χ0n) is 12.2. The van der Waals surface area contributed by atoms with Crippen molar-refractivity contribution in [3.8, 4) is 0 Å². The van der Waals surface area contributed by atoms with Crippen LogP contribution in [0.1, 0.15) is 43.0 Å². The van der Waals surface area contributed by atoms with Gasteiger partial charge in [0.25, 0.3) is 0 Å². The minimum absolute atomic E-state index is 0.268. The van der Waals surface area contributed by atoms with E-state index < -0.39 is 0 Å².